The zero-order valence-corrected chi connectivity index (χ0v) is 20.9. The Balaban J connectivity index is 0.978. The largest absolute Gasteiger partial charge is 0.425 e. The number of amides is 3. The van der Waals surface area contributed by atoms with Gasteiger partial charge in [-0.25, -0.2) is 19.7 Å². The number of β-lactam (4-membered cyclic amide) rings is 1. The second kappa shape index (κ2) is 8.65. The summed E-state index contributed by atoms with van der Waals surface area (Å²) in [6.07, 6.45) is 8.31. The van der Waals surface area contributed by atoms with Crippen LogP contribution in [0.5, 0.6) is 0 Å². The van der Waals surface area contributed by atoms with E-state index in [4.69, 9.17) is 20.2 Å². The summed E-state index contributed by atoms with van der Waals surface area (Å²) in [7, 11) is 0. The Kier molecular flexibility index (Phi) is 5.32. The van der Waals surface area contributed by atoms with E-state index in [1.165, 1.54) is 0 Å². The monoisotopic (exact) mass is 522 g/mol. The molecule has 2 aliphatic carbocycles. The maximum Gasteiger partial charge on any atom is 0.411 e. The summed E-state index contributed by atoms with van der Waals surface area (Å²) in [5.41, 5.74) is 7.73. The average Bonchev–Trinajstić information content (AvgIpc) is 3.75. The molecule has 0 spiro atoms. The quantitative estimate of drug-likeness (QED) is 0.350. The van der Waals surface area contributed by atoms with Gasteiger partial charge in [-0.15, -0.1) is 0 Å². The fourth-order valence-electron chi connectivity index (χ4n) is 5.56. The topological polar surface area (TPSA) is 167 Å². The number of nitrogens with zero attached hydrogens (tertiary/aromatic N) is 5. The summed E-state index contributed by atoms with van der Waals surface area (Å²) >= 11 is 0. The van der Waals surface area contributed by atoms with Crippen molar-refractivity contribution in [3.8, 4) is 0 Å². The number of carbonyl (C=O) groups is 3. The van der Waals surface area contributed by atoms with E-state index in [9.17, 15) is 14.4 Å². The van der Waals surface area contributed by atoms with Crippen molar-refractivity contribution in [2.75, 3.05) is 18.8 Å². The van der Waals surface area contributed by atoms with Crippen molar-refractivity contribution in [1.82, 2.24) is 35.1 Å². The zero-order valence-electron chi connectivity index (χ0n) is 20.9. The second-order valence-electron chi connectivity index (χ2n) is 10.9. The molecule has 200 valence electrons. The second-order valence-corrected chi connectivity index (χ2v) is 10.9. The van der Waals surface area contributed by atoms with Crippen LogP contribution in [0.2, 0.25) is 0 Å². The van der Waals surface area contributed by atoms with Crippen molar-refractivity contribution < 1.29 is 23.9 Å². The molecule has 0 bridgehead atoms. The molecule has 38 heavy (non-hydrogen) atoms. The van der Waals surface area contributed by atoms with Crippen LogP contribution in [0, 0.1) is 5.92 Å². The molecule has 3 amide bonds. The Bertz CT molecular complexity index is 1350. The predicted octanol–water partition coefficient (Wildman–Crippen LogP) is 0.696. The van der Waals surface area contributed by atoms with E-state index in [1.807, 2.05) is 10.6 Å². The molecule has 4 fully saturated rings. The van der Waals surface area contributed by atoms with Crippen molar-refractivity contribution in [2.45, 2.75) is 75.5 Å². The number of aromatic nitrogens is 4. The predicted molar refractivity (Wildman–Crippen MR) is 132 cm³/mol. The van der Waals surface area contributed by atoms with Crippen molar-refractivity contribution in [2.24, 2.45) is 5.92 Å². The van der Waals surface area contributed by atoms with E-state index in [2.05, 4.69) is 20.6 Å². The first-order valence-corrected chi connectivity index (χ1v) is 13.3. The molecule has 2 aromatic rings. The molecule has 0 radical (unpaired) electrons. The summed E-state index contributed by atoms with van der Waals surface area (Å²) in [5, 5.41) is 5.55. The van der Waals surface area contributed by atoms with Gasteiger partial charge < -0.3 is 30.7 Å². The van der Waals surface area contributed by atoms with Gasteiger partial charge in [0, 0.05) is 32.0 Å². The van der Waals surface area contributed by atoms with Crippen LogP contribution in [-0.4, -0.2) is 73.8 Å². The van der Waals surface area contributed by atoms with Crippen molar-refractivity contribution in [1.29, 1.82) is 0 Å². The number of rotatable bonds is 7. The molecule has 0 aromatic carbocycles. The molecule has 3 atom stereocenters. The normalized spacial score (nSPS) is 28.4. The first-order chi connectivity index (χ1) is 18.4. The molecule has 4 N–H and O–H groups in total. The molecule has 2 saturated heterocycles. The van der Waals surface area contributed by atoms with Crippen molar-refractivity contribution in [3.63, 3.8) is 0 Å². The molecule has 5 heterocycles. The number of piperidine rings is 1. The van der Waals surface area contributed by atoms with Gasteiger partial charge in [-0.3, -0.25) is 14.2 Å². The number of nitrogens with two attached hydrogens (primary N) is 1. The van der Waals surface area contributed by atoms with Crippen LogP contribution in [0.4, 0.5) is 10.6 Å². The highest BCUT2D eigenvalue weighted by Gasteiger charge is 2.60. The van der Waals surface area contributed by atoms with Crippen LogP contribution < -0.4 is 16.4 Å². The summed E-state index contributed by atoms with van der Waals surface area (Å²) in [6, 6.07) is 0.277. The van der Waals surface area contributed by atoms with E-state index >= 15 is 0 Å². The number of aryl methyl sites for hydroxylation is 1. The lowest BCUT2D eigenvalue weighted by molar-refractivity contribution is -0.137. The molecule has 7 rings (SSSR count). The molecule has 2 aromatic heterocycles. The Morgan fingerprint density at radius 3 is 2.76 bits per heavy atom. The third-order valence-electron chi connectivity index (χ3n) is 8.11. The maximum atomic E-state index is 12.5. The van der Waals surface area contributed by atoms with Gasteiger partial charge in [0.25, 0.3) is 5.91 Å². The third kappa shape index (κ3) is 4.14. The highest BCUT2D eigenvalue weighted by Crippen LogP contribution is 2.57. The Hall–Kier alpha value is -3.74. The summed E-state index contributed by atoms with van der Waals surface area (Å²) < 4.78 is 13.4. The fourth-order valence-corrected chi connectivity index (χ4v) is 5.56. The minimum atomic E-state index is -0.720. The number of fused-ring (bicyclic) bond motifs is 2. The number of nitrogen functional groups attached to an aromatic ring is 1. The van der Waals surface area contributed by atoms with Gasteiger partial charge in [-0.2, -0.15) is 0 Å². The summed E-state index contributed by atoms with van der Waals surface area (Å²) in [5.74, 6) is 1.19. The molecular weight excluding hydrogens is 492 g/mol. The van der Waals surface area contributed by atoms with Crippen LogP contribution >= 0.6 is 0 Å². The number of anilines is 1. The number of carbonyl (C=O) groups excluding carboxylic acids is 3. The third-order valence-corrected chi connectivity index (χ3v) is 8.11. The standard InChI is InChI=1S/C25H30N8O5/c26-21-20-22(33(12-27-20)25-11-14(25)9-16(38-25)23(35)28-15-2-3-15)30-17(29-21)4-1-13-5-7-32(8-6-13)24(36)37-19-10-18(34)31-19/h9,12-13,15-16,19H,1-8,10-11H2,(H,28,35)(H,31,34)(H2,26,29,30)/t16-,19?,25+/m0/s1. The lowest BCUT2D eigenvalue weighted by Crippen LogP contribution is -2.53. The van der Waals surface area contributed by atoms with E-state index in [0.29, 0.717) is 54.7 Å². The highest BCUT2D eigenvalue weighted by atomic mass is 16.6. The minimum absolute atomic E-state index is 0.0973. The lowest BCUT2D eigenvalue weighted by atomic mass is 9.92. The average molecular weight is 523 g/mol. The molecule has 3 aliphatic heterocycles. The number of nitrogens with one attached hydrogen (secondary N) is 2. The molecule has 1 unspecified atom stereocenters. The van der Waals surface area contributed by atoms with E-state index in [-0.39, 0.29) is 30.4 Å². The summed E-state index contributed by atoms with van der Waals surface area (Å²) in [6.45, 7) is 1.23. The van der Waals surface area contributed by atoms with Crippen LogP contribution in [-0.2, 0) is 31.2 Å². The van der Waals surface area contributed by atoms with Gasteiger partial charge in [0.15, 0.2) is 29.5 Å². The molecule has 5 aliphatic rings. The number of ether oxygens (including phenoxy) is 2. The maximum absolute atomic E-state index is 12.5. The first-order valence-electron chi connectivity index (χ1n) is 13.3. The van der Waals surface area contributed by atoms with Crippen LogP contribution in [0.15, 0.2) is 18.0 Å². The fraction of sp³-hybridized carbons (Fsp3) is 0.600. The zero-order chi connectivity index (χ0) is 26.0. The van der Waals surface area contributed by atoms with E-state index in [0.717, 1.165) is 37.7 Å². The lowest BCUT2D eigenvalue weighted by Gasteiger charge is -2.34. The summed E-state index contributed by atoms with van der Waals surface area (Å²) in [4.78, 5) is 51.2. The minimum Gasteiger partial charge on any atom is -0.425 e. The molecule has 13 nitrogen and oxygen atoms in total. The van der Waals surface area contributed by atoms with Crippen LogP contribution in [0.1, 0.15) is 50.8 Å². The molecule has 13 heteroatoms. The number of hydrogen-bond acceptors (Lipinski definition) is 9. The van der Waals surface area contributed by atoms with Gasteiger partial charge in [-0.05, 0) is 49.7 Å². The van der Waals surface area contributed by atoms with E-state index < -0.39 is 18.1 Å². The van der Waals surface area contributed by atoms with Gasteiger partial charge in [0.1, 0.15) is 11.3 Å². The number of likely N-dealkylation sites (tertiary alicyclic amines) is 1. The van der Waals surface area contributed by atoms with Crippen molar-refractivity contribution >= 4 is 34.9 Å². The first kappa shape index (κ1) is 23.4. The Morgan fingerprint density at radius 2 is 2.03 bits per heavy atom. The van der Waals surface area contributed by atoms with Crippen LogP contribution in [0.3, 0.4) is 0 Å². The SMILES string of the molecule is Nc1nc(CCC2CCN(C(=O)OC3CC(=O)N3)CC2)nc2c1ncn2[C@@]12CC1=C[C@@H](C(=O)NC1CC1)O2. The van der Waals surface area contributed by atoms with Crippen molar-refractivity contribution in [3.05, 3.63) is 23.8 Å². The number of hydrogen-bond donors (Lipinski definition) is 3. The van der Waals surface area contributed by atoms with E-state index in [1.54, 1.807) is 11.2 Å². The number of imidazole rings is 1. The highest BCUT2D eigenvalue weighted by molar-refractivity contribution is 5.86. The van der Waals surface area contributed by atoms with Gasteiger partial charge in [0.2, 0.25) is 5.91 Å². The van der Waals surface area contributed by atoms with Gasteiger partial charge in [0.05, 0.1) is 12.7 Å². The molecule has 2 saturated carbocycles. The van der Waals surface area contributed by atoms with Crippen LogP contribution in [0.25, 0.3) is 11.2 Å². The Labute approximate surface area is 218 Å². The van der Waals surface area contributed by atoms with Gasteiger partial charge >= 0.3 is 6.09 Å². The smallest absolute Gasteiger partial charge is 0.411 e. The molecular formula is C25H30N8O5. The van der Waals surface area contributed by atoms with Gasteiger partial charge in [-0.1, -0.05) is 0 Å². The Morgan fingerprint density at radius 1 is 1.24 bits per heavy atom.